The lowest BCUT2D eigenvalue weighted by molar-refractivity contribution is -0.384. The summed E-state index contributed by atoms with van der Waals surface area (Å²) < 4.78 is 5.45. The summed E-state index contributed by atoms with van der Waals surface area (Å²) in [5, 5.41) is 15.1. The zero-order valence-corrected chi connectivity index (χ0v) is 20.5. The molecule has 2 aliphatic rings. The summed E-state index contributed by atoms with van der Waals surface area (Å²) >= 11 is 0. The highest BCUT2D eigenvalue weighted by Gasteiger charge is 2.38. The lowest BCUT2D eigenvalue weighted by Gasteiger charge is -2.33. The fraction of sp³-hybridized carbons (Fsp3) is 0.609. The van der Waals surface area contributed by atoms with Crippen LogP contribution in [0.4, 0.5) is 22.2 Å². The van der Waals surface area contributed by atoms with E-state index in [1.807, 2.05) is 27.7 Å². The molecule has 0 saturated carbocycles. The zero-order valence-electron chi connectivity index (χ0n) is 20.5. The summed E-state index contributed by atoms with van der Waals surface area (Å²) in [7, 11) is 2.08. The number of hydrogen-bond donors (Lipinski definition) is 1. The van der Waals surface area contributed by atoms with Gasteiger partial charge in [-0.2, -0.15) is 4.98 Å². The zero-order chi connectivity index (χ0) is 24.7. The molecule has 11 nitrogen and oxygen atoms in total. The van der Waals surface area contributed by atoms with Gasteiger partial charge in [0.25, 0.3) is 5.69 Å². The van der Waals surface area contributed by atoms with E-state index < -0.39 is 22.2 Å². The monoisotopic (exact) mass is 471 g/mol. The molecule has 2 saturated heterocycles. The number of amides is 1. The molecule has 0 bridgehead atoms. The van der Waals surface area contributed by atoms with Crippen LogP contribution in [-0.4, -0.2) is 83.3 Å². The molecule has 3 heterocycles. The van der Waals surface area contributed by atoms with Crippen molar-refractivity contribution in [2.45, 2.75) is 45.3 Å². The van der Waals surface area contributed by atoms with Gasteiger partial charge < -0.3 is 24.8 Å². The highest BCUT2D eigenvalue weighted by Crippen LogP contribution is 2.34. The molecule has 1 aromatic carbocycles. The molecule has 0 unspecified atom stereocenters. The minimum Gasteiger partial charge on any atom is -0.444 e. The van der Waals surface area contributed by atoms with Crippen molar-refractivity contribution >= 4 is 34.4 Å². The quantitative estimate of drug-likeness (QED) is 0.530. The normalized spacial score (nSPS) is 21.7. The van der Waals surface area contributed by atoms with E-state index in [1.165, 1.54) is 12.1 Å². The van der Waals surface area contributed by atoms with E-state index in [0.29, 0.717) is 31.0 Å². The second-order valence-electron chi connectivity index (χ2n) is 10.5. The Hall–Kier alpha value is -3.21. The lowest BCUT2D eigenvalue weighted by atomic mass is 10.0. The summed E-state index contributed by atoms with van der Waals surface area (Å²) in [5.74, 6) is 1.30. The van der Waals surface area contributed by atoms with Crippen molar-refractivity contribution in [3.05, 3.63) is 28.3 Å². The first-order valence-electron chi connectivity index (χ1n) is 11.6. The predicted molar refractivity (Wildman–Crippen MR) is 131 cm³/mol. The topological polar surface area (TPSA) is 117 Å². The van der Waals surface area contributed by atoms with Crippen LogP contribution < -0.4 is 15.1 Å². The Morgan fingerprint density at radius 2 is 1.85 bits per heavy atom. The van der Waals surface area contributed by atoms with Gasteiger partial charge in [-0.05, 0) is 47.2 Å². The smallest absolute Gasteiger partial charge is 0.408 e. The lowest BCUT2D eigenvalue weighted by Crippen LogP contribution is -2.49. The number of nitrogens with one attached hydrogen (secondary N) is 1. The van der Waals surface area contributed by atoms with Gasteiger partial charge in [0.2, 0.25) is 5.95 Å². The van der Waals surface area contributed by atoms with Crippen LogP contribution in [0.3, 0.4) is 0 Å². The van der Waals surface area contributed by atoms with E-state index in [1.54, 1.807) is 6.07 Å². The fourth-order valence-electron chi connectivity index (χ4n) is 4.39. The number of hydrogen-bond acceptors (Lipinski definition) is 9. The molecule has 34 heavy (non-hydrogen) atoms. The Balaban J connectivity index is 1.65. The van der Waals surface area contributed by atoms with Gasteiger partial charge in [0.1, 0.15) is 11.4 Å². The number of piperazine rings is 1. The van der Waals surface area contributed by atoms with Gasteiger partial charge in [-0.3, -0.25) is 10.1 Å². The fourth-order valence-corrected chi connectivity index (χ4v) is 4.39. The number of anilines is 2. The van der Waals surface area contributed by atoms with Crippen LogP contribution in [0.5, 0.6) is 0 Å². The van der Waals surface area contributed by atoms with Crippen molar-refractivity contribution in [1.82, 2.24) is 20.2 Å². The third-order valence-electron chi connectivity index (χ3n) is 6.22. The Morgan fingerprint density at radius 3 is 2.50 bits per heavy atom. The molecule has 11 heteroatoms. The van der Waals surface area contributed by atoms with E-state index in [-0.39, 0.29) is 5.69 Å². The van der Waals surface area contributed by atoms with E-state index in [9.17, 15) is 14.9 Å². The number of aromatic nitrogens is 2. The van der Waals surface area contributed by atoms with Crippen LogP contribution in [-0.2, 0) is 4.74 Å². The maximum Gasteiger partial charge on any atom is 0.408 e. The summed E-state index contributed by atoms with van der Waals surface area (Å²) in [6.45, 7) is 12.1. The predicted octanol–water partition coefficient (Wildman–Crippen LogP) is 2.78. The molecule has 1 N–H and O–H groups in total. The van der Waals surface area contributed by atoms with Crippen molar-refractivity contribution < 1.29 is 14.5 Å². The number of alkyl carbamates (subject to hydrolysis) is 1. The Kier molecular flexibility index (Phi) is 6.24. The summed E-state index contributed by atoms with van der Waals surface area (Å²) in [6, 6.07) is 4.71. The van der Waals surface area contributed by atoms with Crippen LogP contribution in [0.25, 0.3) is 10.9 Å². The third-order valence-corrected chi connectivity index (χ3v) is 6.22. The number of rotatable bonds is 4. The molecular weight excluding hydrogens is 438 g/mol. The summed E-state index contributed by atoms with van der Waals surface area (Å²) in [4.78, 5) is 39.5. The van der Waals surface area contributed by atoms with Gasteiger partial charge in [-0.1, -0.05) is 0 Å². The number of non-ortho nitro benzene ring substituents is 1. The molecule has 184 valence electrons. The molecule has 1 aromatic heterocycles. The SMILES string of the molecule is CN1CCN(c2nc(N3CC[C@@](C)(NC(=O)OC(C)(C)C)C3)c3ccc([N+](=O)[O-])cc3n2)CC1. The molecule has 0 spiro atoms. The van der Waals surface area contributed by atoms with Gasteiger partial charge in [0.05, 0.1) is 16.0 Å². The van der Waals surface area contributed by atoms with E-state index in [4.69, 9.17) is 14.7 Å². The van der Waals surface area contributed by atoms with Gasteiger partial charge >= 0.3 is 6.09 Å². The molecule has 0 radical (unpaired) electrons. The number of ether oxygens (including phenoxy) is 1. The minimum atomic E-state index is -0.576. The number of carbonyl (C=O) groups excluding carboxylic acids is 1. The van der Waals surface area contributed by atoms with Gasteiger partial charge in [-0.25, -0.2) is 9.78 Å². The van der Waals surface area contributed by atoms with Crippen molar-refractivity contribution in [3.8, 4) is 0 Å². The van der Waals surface area contributed by atoms with Gasteiger partial charge in [0, 0.05) is 56.8 Å². The van der Waals surface area contributed by atoms with E-state index >= 15 is 0 Å². The number of fused-ring (bicyclic) bond motifs is 1. The second-order valence-corrected chi connectivity index (χ2v) is 10.5. The van der Waals surface area contributed by atoms with Crippen LogP contribution in [0, 0.1) is 10.1 Å². The highest BCUT2D eigenvalue weighted by atomic mass is 16.6. The number of nitro benzene ring substituents is 1. The third kappa shape index (κ3) is 5.30. The Bertz CT molecular complexity index is 1090. The van der Waals surface area contributed by atoms with Crippen LogP contribution in [0.15, 0.2) is 18.2 Å². The van der Waals surface area contributed by atoms with Crippen molar-refractivity contribution in [2.24, 2.45) is 0 Å². The minimum absolute atomic E-state index is 0.000620. The average molecular weight is 472 g/mol. The highest BCUT2D eigenvalue weighted by molar-refractivity contribution is 5.92. The van der Waals surface area contributed by atoms with Gasteiger partial charge in [0.15, 0.2) is 0 Å². The molecule has 2 fully saturated rings. The van der Waals surface area contributed by atoms with Gasteiger partial charge in [-0.15, -0.1) is 0 Å². The number of likely N-dealkylation sites (N-methyl/N-ethyl adjacent to an activating group) is 1. The van der Waals surface area contributed by atoms with Crippen molar-refractivity contribution in [3.63, 3.8) is 0 Å². The maximum atomic E-state index is 12.4. The molecule has 1 amide bonds. The van der Waals surface area contributed by atoms with Crippen LogP contribution in [0.2, 0.25) is 0 Å². The van der Waals surface area contributed by atoms with Crippen molar-refractivity contribution in [1.29, 1.82) is 0 Å². The van der Waals surface area contributed by atoms with Crippen LogP contribution in [0.1, 0.15) is 34.1 Å². The average Bonchev–Trinajstić information content (AvgIpc) is 3.12. The number of benzene rings is 1. The number of nitrogens with zero attached hydrogens (tertiary/aromatic N) is 6. The van der Waals surface area contributed by atoms with E-state index in [0.717, 1.165) is 37.4 Å². The number of carbonyl (C=O) groups is 1. The number of nitro groups is 1. The Labute approximate surface area is 199 Å². The molecule has 4 rings (SSSR count). The maximum absolute atomic E-state index is 12.4. The molecule has 1 atom stereocenters. The molecule has 2 aromatic rings. The van der Waals surface area contributed by atoms with E-state index in [2.05, 4.69) is 27.1 Å². The van der Waals surface area contributed by atoms with Crippen molar-refractivity contribution in [2.75, 3.05) is 56.1 Å². The summed E-state index contributed by atoms with van der Waals surface area (Å²) in [6.07, 6.45) is 0.271. The molecular formula is C23H33N7O4. The standard InChI is InChI=1S/C23H33N7O4/c1-22(2,3)34-21(31)26-23(4)8-9-29(15-23)19-17-7-6-16(30(32)33)14-18(17)24-20(25-19)28-12-10-27(5)11-13-28/h6-7,14H,8-13,15H2,1-5H3,(H,26,31)/t23-/m1/s1. The summed E-state index contributed by atoms with van der Waals surface area (Å²) in [5.41, 5.74) is -0.525. The first-order valence-corrected chi connectivity index (χ1v) is 11.6. The molecule has 2 aliphatic heterocycles. The largest absolute Gasteiger partial charge is 0.444 e. The Morgan fingerprint density at radius 1 is 1.15 bits per heavy atom. The first kappa shape index (κ1) is 23.9. The molecule has 0 aliphatic carbocycles. The second kappa shape index (κ2) is 8.86. The van der Waals surface area contributed by atoms with Crippen LogP contribution >= 0.6 is 0 Å². The first-order chi connectivity index (χ1) is 15.9.